The van der Waals surface area contributed by atoms with Crippen LogP contribution in [-0.4, -0.2) is 30.3 Å². The Morgan fingerprint density at radius 3 is 1.90 bits per heavy atom. The van der Waals surface area contributed by atoms with Gasteiger partial charge in [0.2, 0.25) is 11.8 Å². The van der Waals surface area contributed by atoms with E-state index >= 15 is 0 Å². The highest BCUT2D eigenvalue weighted by molar-refractivity contribution is 5.94. The third-order valence-corrected chi connectivity index (χ3v) is 5.23. The first-order valence-corrected chi connectivity index (χ1v) is 10.4. The Morgan fingerprint density at radius 2 is 1.41 bits per heavy atom. The van der Waals surface area contributed by atoms with Gasteiger partial charge in [-0.05, 0) is 28.5 Å². The first kappa shape index (κ1) is 22.7. The van der Waals surface area contributed by atoms with Gasteiger partial charge < -0.3 is 9.80 Å². The molecule has 0 bridgehead atoms. The Hall–Kier alpha value is -2.62. The lowest BCUT2D eigenvalue weighted by molar-refractivity contribution is -0.130. The first-order chi connectivity index (χ1) is 13.7. The zero-order valence-corrected chi connectivity index (χ0v) is 18.6. The number of anilines is 1. The summed E-state index contributed by atoms with van der Waals surface area (Å²) in [6, 6.07) is 16.2. The van der Waals surface area contributed by atoms with E-state index in [-0.39, 0.29) is 11.8 Å². The van der Waals surface area contributed by atoms with Crippen LogP contribution in [0.25, 0.3) is 0 Å². The van der Waals surface area contributed by atoms with Gasteiger partial charge >= 0.3 is 0 Å². The Balaban J connectivity index is 2.21. The van der Waals surface area contributed by atoms with Crippen LogP contribution < -0.4 is 4.90 Å². The number of nitrogens with zero attached hydrogens (tertiary/aromatic N) is 2. The molecule has 156 valence electrons. The maximum Gasteiger partial charge on any atom is 0.224 e. The average molecular weight is 395 g/mol. The Morgan fingerprint density at radius 1 is 0.862 bits per heavy atom. The summed E-state index contributed by atoms with van der Waals surface area (Å²) in [5.41, 5.74) is 4.37. The summed E-state index contributed by atoms with van der Waals surface area (Å²) in [5, 5.41) is 0. The SMILES string of the molecule is CC(=O)N(CCC(=O)N(C)Cc1ccccc1)c1c(C(C)C)cccc1C(C)C. The minimum absolute atomic E-state index is 0.0292. The van der Waals surface area contributed by atoms with Crippen LogP contribution >= 0.6 is 0 Å². The zero-order valence-electron chi connectivity index (χ0n) is 18.6. The van der Waals surface area contributed by atoms with E-state index in [1.165, 1.54) is 0 Å². The van der Waals surface area contributed by atoms with Gasteiger partial charge in [0.15, 0.2) is 0 Å². The molecule has 2 aromatic carbocycles. The molecular formula is C25H34N2O2. The zero-order chi connectivity index (χ0) is 21.6. The number of rotatable bonds is 8. The van der Waals surface area contributed by atoms with Crippen molar-refractivity contribution in [3.8, 4) is 0 Å². The molecule has 0 fully saturated rings. The third kappa shape index (κ3) is 5.93. The van der Waals surface area contributed by atoms with Crippen LogP contribution in [0.1, 0.15) is 69.6 Å². The summed E-state index contributed by atoms with van der Waals surface area (Å²) in [6.45, 7) is 11.1. The van der Waals surface area contributed by atoms with E-state index in [0.717, 1.165) is 22.4 Å². The van der Waals surface area contributed by atoms with Crippen molar-refractivity contribution in [3.63, 3.8) is 0 Å². The smallest absolute Gasteiger partial charge is 0.224 e. The highest BCUT2D eigenvalue weighted by Crippen LogP contribution is 2.35. The van der Waals surface area contributed by atoms with Crippen molar-refractivity contribution in [2.45, 2.75) is 59.4 Å². The summed E-state index contributed by atoms with van der Waals surface area (Å²) in [7, 11) is 1.81. The number of benzene rings is 2. The molecule has 0 heterocycles. The van der Waals surface area contributed by atoms with Crippen molar-refractivity contribution in [1.82, 2.24) is 4.90 Å². The molecule has 2 amide bonds. The van der Waals surface area contributed by atoms with Gasteiger partial charge in [0.05, 0.1) is 5.69 Å². The van der Waals surface area contributed by atoms with Gasteiger partial charge in [-0.25, -0.2) is 0 Å². The van der Waals surface area contributed by atoms with Gasteiger partial charge in [-0.1, -0.05) is 76.2 Å². The highest BCUT2D eigenvalue weighted by Gasteiger charge is 2.23. The maximum atomic E-state index is 12.7. The predicted octanol–water partition coefficient (Wildman–Crippen LogP) is 5.34. The molecule has 0 aromatic heterocycles. The lowest BCUT2D eigenvalue weighted by atomic mass is 9.91. The van der Waals surface area contributed by atoms with Crippen molar-refractivity contribution in [2.24, 2.45) is 0 Å². The second-order valence-electron chi connectivity index (χ2n) is 8.25. The number of hydrogen-bond donors (Lipinski definition) is 0. The molecule has 0 aliphatic rings. The molecule has 0 unspecified atom stereocenters. The summed E-state index contributed by atoms with van der Waals surface area (Å²) in [5.74, 6) is 0.593. The lowest BCUT2D eigenvalue weighted by Crippen LogP contribution is -2.35. The van der Waals surface area contributed by atoms with Crippen LogP contribution in [0.15, 0.2) is 48.5 Å². The molecule has 4 heteroatoms. The van der Waals surface area contributed by atoms with Gasteiger partial charge in [-0.3, -0.25) is 9.59 Å². The Kier molecular flexibility index (Phi) is 8.00. The Labute approximate surface area is 175 Å². The molecule has 0 atom stereocenters. The molecule has 2 aromatic rings. The predicted molar refractivity (Wildman–Crippen MR) is 120 cm³/mol. The molecule has 0 spiro atoms. The van der Waals surface area contributed by atoms with Crippen molar-refractivity contribution in [1.29, 1.82) is 0 Å². The molecule has 0 saturated heterocycles. The van der Waals surface area contributed by atoms with E-state index in [2.05, 4.69) is 45.9 Å². The lowest BCUT2D eigenvalue weighted by Gasteiger charge is -2.30. The van der Waals surface area contributed by atoms with Gasteiger partial charge in [0.25, 0.3) is 0 Å². The fourth-order valence-electron chi connectivity index (χ4n) is 3.59. The normalized spacial score (nSPS) is 11.0. The van der Waals surface area contributed by atoms with Gasteiger partial charge in [-0.2, -0.15) is 0 Å². The molecule has 4 nitrogen and oxygen atoms in total. The molecular weight excluding hydrogens is 360 g/mol. The fraction of sp³-hybridized carbons (Fsp3) is 0.440. The monoisotopic (exact) mass is 394 g/mol. The largest absolute Gasteiger partial charge is 0.341 e. The standard InChI is InChI=1S/C25H34N2O2/c1-18(2)22-13-10-14-23(19(3)4)25(22)27(20(5)28)16-15-24(29)26(6)17-21-11-8-7-9-12-21/h7-14,18-19H,15-17H2,1-6H3. The summed E-state index contributed by atoms with van der Waals surface area (Å²) >= 11 is 0. The number of para-hydroxylation sites is 1. The van der Waals surface area contributed by atoms with Crippen molar-refractivity contribution >= 4 is 17.5 Å². The summed E-state index contributed by atoms with van der Waals surface area (Å²) in [6.07, 6.45) is 0.298. The molecule has 0 aliphatic heterocycles. The van der Waals surface area contributed by atoms with E-state index in [0.29, 0.717) is 31.3 Å². The minimum Gasteiger partial charge on any atom is -0.341 e. The van der Waals surface area contributed by atoms with Crippen LogP contribution in [0.5, 0.6) is 0 Å². The quantitative estimate of drug-likeness (QED) is 0.607. The van der Waals surface area contributed by atoms with Gasteiger partial charge in [0, 0.05) is 33.5 Å². The van der Waals surface area contributed by atoms with Crippen LogP contribution in [0.3, 0.4) is 0 Å². The number of carbonyl (C=O) groups excluding carboxylic acids is 2. The first-order valence-electron chi connectivity index (χ1n) is 10.4. The van der Waals surface area contributed by atoms with E-state index in [4.69, 9.17) is 0 Å². The van der Waals surface area contributed by atoms with E-state index < -0.39 is 0 Å². The maximum absolute atomic E-state index is 12.7. The van der Waals surface area contributed by atoms with Crippen LogP contribution in [0.2, 0.25) is 0 Å². The van der Waals surface area contributed by atoms with Crippen molar-refractivity contribution in [2.75, 3.05) is 18.5 Å². The summed E-state index contributed by atoms with van der Waals surface area (Å²) in [4.78, 5) is 28.8. The van der Waals surface area contributed by atoms with Crippen molar-refractivity contribution in [3.05, 3.63) is 65.2 Å². The minimum atomic E-state index is -0.0292. The van der Waals surface area contributed by atoms with E-state index in [1.807, 2.05) is 37.4 Å². The van der Waals surface area contributed by atoms with E-state index in [1.54, 1.807) is 16.7 Å². The highest BCUT2D eigenvalue weighted by atomic mass is 16.2. The third-order valence-electron chi connectivity index (χ3n) is 5.23. The molecule has 29 heavy (non-hydrogen) atoms. The van der Waals surface area contributed by atoms with Gasteiger partial charge in [0.1, 0.15) is 0 Å². The topological polar surface area (TPSA) is 40.6 Å². The number of carbonyl (C=O) groups is 2. The average Bonchev–Trinajstić information content (AvgIpc) is 2.68. The van der Waals surface area contributed by atoms with Crippen molar-refractivity contribution < 1.29 is 9.59 Å². The van der Waals surface area contributed by atoms with Crippen LogP contribution in [0, 0.1) is 0 Å². The molecule has 0 radical (unpaired) electrons. The molecule has 0 N–H and O–H groups in total. The van der Waals surface area contributed by atoms with Crippen LogP contribution in [0.4, 0.5) is 5.69 Å². The van der Waals surface area contributed by atoms with Crippen LogP contribution in [-0.2, 0) is 16.1 Å². The molecule has 0 aliphatic carbocycles. The van der Waals surface area contributed by atoms with E-state index in [9.17, 15) is 9.59 Å². The molecule has 2 rings (SSSR count). The number of hydrogen-bond acceptors (Lipinski definition) is 2. The van der Waals surface area contributed by atoms with Gasteiger partial charge in [-0.15, -0.1) is 0 Å². The Bertz CT molecular complexity index is 802. The fourth-order valence-corrected chi connectivity index (χ4v) is 3.59. The molecule has 0 saturated carbocycles. The second kappa shape index (κ2) is 10.2. The second-order valence-corrected chi connectivity index (χ2v) is 8.25. The summed E-state index contributed by atoms with van der Waals surface area (Å²) < 4.78 is 0. The number of amides is 2.